The van der Waals surface area contributed by atoms with Gasteiger partial charge in [0, 0.05) is 35.6 Å². The zero-order valence-corrected chi connectivity index (χ0v) is 12.5. The summed E-state index contributed by atoms with van der Waals surface area (Å²) in [6, 6.07) is 8.78. The molecule has 1 aromatic carbocycles. The molecule has 3 nitrogen and oxygen atoms in total. The van der Waals surface area contributed by atoms with Crippen molar-refractivity contribution in [3.8, 4) is 0 Å². The first-order valence-corrected chi connectivity index (χ1v) is 8.21. The number of rotatable bonds is 7. The summed E-state index contributed by atoms with van der Waals surface area (Å²) in [6.45, 7) is 3.30. The summed E-state index contributed by atoms with van der Waals surface area (Å²) in [7, 11) is 0. The van der Waals surface area contributed by atoms with Crippen molar-refractivity contribution in [3.05, 3.63) is 48.5 Å². The van der Waals surface area contributed by atoms with E-state index in [-0.39, 0.29) is 0 Å². The van der Waals surface area contributed by atoms with Crippen molar-refractivity contribution in [2.45, 2.75) is 36.0 Å². The van der Waals surface area contributed by atoms with E-state index in [1.54, 1.807) is 0 Å². The molecule has 0 radical (unpaired) electrons. The molecule has 1 aromatic heterocycles. The van der Waals surface area contributed by atoms with E-state index in [1.807, 2.05) is 30.5 Å². The van der Waals surface area contributed by atoms with Crippen LogP contribution < -0.4 is 5.32 Å². The summed E-state index contributed by atoms with van der Waals surface area (Å²) in [5.74, 6) is 0. The molecule has 2 aromatic rings. The number of thioether (sulfide) groups is 1. The Morgan fingerprint density at radius 3 is 3.10 bits per heavy atom. The number of benzene rings is 1. The molecule has 3 rings (SSSR count). The van der Waals surface area contributed by atoms with Crippen molar-refractivity contribution >= 4 is 11.8 Å². The summed E-state index contributed by atoms with van der Waals surface area (Å²) < 4.78 is 2.14. The van der Waals surface area contributed by atoms with Crippen LogP contribution in [0.5, 0.6) is 0 Å². The van der Waals surface area contributed by atoms with Crippen LogP contribution in [0.3, 0.4) is 0 Å². The normalized spacial score (nSPS) is 17.3. The van der Waals surface area contributed by atoms with Crippen LogP contribution in [0.25, 0.3) is 0 Å². The van der Waals surface area contributed by atoms with Gasteiger partial charge in [0.1, 0.15) is 0 Å². The number of hydrogen-bond acceptors (Lipinski definition) is 3. The molecule has 1 N–H and O–H groups in total. The lowest BCUT2D eigenvalue weighted by Crippen LogP contribution is -2.25. The van der Waals surface area contributed by atoms with Crippen LogP contribution in [-0.2, 0) is 13.0 Å². The minimum absolute atomic E-state index is 0.709. The van der Waals surface area contributed by atoms with Gasteiger partial charge in [-0.05, 0) is 37.4 Å². The molecular formula is C16H21N3S. The highest BCUT2D eigenvalue weighted by molar-refractivity contribution is 8.00. The molecule has 0 bridgehead atoms. The predicted octanol–water partition coefficient (Wildman–Crippen LogP) is 2.97. The van der Waals surface area contributed by atoms with Crippen LogP contribution in [0.2, 0.25) is 0 Å². The van der Waals surface area contributed by atoms with Gasteiger partial charge in [0.15, 0.2) is 0 Å². The Hall–Kier alpha value is -1.26. The highest BCUT2D eigenvalue weighted by Gasteiger charge is 2.20. The van der Waals surface area contributed by atoms with Gasteiger partial charge in [0.05, 0.1) is 6.33 Å². The highest BCUT2D eigenvalue weighted by Crippen LogP contribution is 2.36. The number of nitrogens with one attached hydrogen (secondary N) is 1. The van der Waals surface area contributed by atoms with Crippen LogP contribution in [-0.4, -0.2) is 27.9 Å². The van der Waals surface area contributed by atoms with Crippen molar-refractivity contribution in [2.75, 3.05) is 13.1 Å². The Labute approximate surface area is 124 Å². The SMILES string of the molecule is c1ccc2c(c1)CC(CNCCCCn1ccnc1)S2. The molecule has 0 saturated heterocycles. The van der Waals surface area contributed by atoms with Gasteiger partial charge in [-0.1, -0.05) is 18.2 Å². The van der Waals surface area contributed by atoms with Crippen molar-refractivity contribution in [1.29, 1.82) is 0 Å². The first-order valence-electron chi connectivity index (χ1n) is 7.33. The van der Waals surface area contributed by atoms with Gasteiger partial charge in [-0.2, -0.15) is 0 Å². The third-order valence-corrected chi connectivity index (χ3v) is 4.98. The number of imidazole rings is 1. The predicted molar refractivity (Wildman–Crippen MR) is 84.1 cm³/mol. The van der Waals surface area contributed by atoms with E-state index < -0.39 is 0 Å². The summed E-state index contributed by atoms with van der Waals surface area (Å²) in [6.07, 6.45) is 9.40. The van der Waals surface area contributed by atoms with Crippen molar-refractivity contribution in [1.82, 2.24) is 14.9 Å². The third-order valence-electron chi connectivity index (χ3n) is 3.66. The Morgan fingerprint density at radius 2 is 2.25 bits per heavy atom. The molecule has 1 aliphatic heterocycles. The van der Waals surface area contributed by atoms with Crippen LogP contribution >= 0.6 is 11.8 Å². The summed E-state index contributed by atoms with van der Waals surface area (Å²) in [5.41, 5.74) is 1.52. The molecule has 0 fully saturated rings. The second-order valence-corrected chi connectivity index (χ2v) is 6.61. The maximum Gasteiger partial charge on any atom is 0.0945 e. The van der Waals surface area contributed by atoms with Crippen LogP contribution in [0.4, 0.5) is 0 Å². The summed E-state index contributed by atoms with van der Waals surface area (Å²) in [5, 5.41) is 4.31. The number of aromatic nitrogens is 2. The smallest absolute Gasteiger partial charge is 0.0945 e. The third kappa shape index (κ3) is 3.64. The maximum atomic E-state index is 4.05. The summed E-state index contributed by atoms with van der Waals surface area (Å²) in [4.78, 5) is 5.53. The second-order valence-electron chi connectivity index (χ2n) is 5.26. The Balaban J connectivity index is 1.28. The topological polar surface area (TPSA) is 29.9 Å². The lowest BCUT2D eigenvalue weighted by Gasteiger charge is -2.10. The lowest BCUT2D eigenvalue weighted by molar-refractivity contribution is 0.565. The molecular weight excluding hydrogens is 266 g/mol. The molecule has 106 valence electrons. The zero-order valence-electron chi connectivity index (χ0n) is 11.7. The van der Waals surface area contributed by atoms with Crippen LogP contribution in [0.1, 0.15) is 18.4 Å². The standard InChI is InChI=1S/C16H21N3S/c1-2-6-16-14(5-1)11-15(20-16)12-17-7-3-4-9-19-10-8-18-13-19/h1-2,5-6,8,10,13,15,17H,3-4,7,9,11-12H2. The molecule has 1 unspecified atom stereocenters. The van der Waals surface area contributed by atoms with Gasteiger partial charge in [-0.3, -0.25) is 0 Å². The molecule has 0 spiro atoms. The van der Waals surface area contributed by atoms with Gasteiger partial charge >= 0.3 is 0 Å². The van der Waals surface area contributed by atoms with E-state index in [4.69, 9.17) is 0 Å². The Kier molecular flexibility index (Phi) is 4.77. The average molecular weight is 287 g/mol. The zero-order chi connectivity index (χ0) is 13.6. The maximum absolute atomic E-state index is 4.05. The fourth-order valence-electron chi connectivity index (χ4n) is 2.59. The Bertz CT molecular complexity index is 499. The highest BCUT2D eigenvalue weighted by atomic mass is 32.2. The van der Waals surface area contributed by atoms with Gasteiger partial charge in [0.25, 0.3) is 0 Å². The van der Waals surface area contributed by atoms with E-state index >= 15 is 0 Å². The Morgan fingerprint density at radius 1 is 1.30 bits per heavy atom. The molecule has 20 heavy (non-hydrogen) atoms. The van der Waals surface area contributed by atoms with E-state index in [1.165, 1.54) is 29.7 Å². The monoisotopic (exact) mass is 287 g/mol. The summed E-state index contributed by atoms with van der Waals surface area (Å²) >= 11 is 2.02. The second kappa shape index (κ2) is 6.95. The van der Waals surface area contributed by atoms with Crippen molar-refractivity contribution in [3.63, 3.8) is 0 Å². The number of unbranched alkanes of at least 4 members (excludes halogenated alkanes) is 1. The molecule has 0 saturated carbocycles. The first kappa shape index (κ1) is 13.7. The van der Waals surface area contributed by atoms with Crippen molar-refractivity contribution in [2.24, 2.45) is 0 Å². The molecule has 1 atom stereocenters. The molecule has 0 aliphatic carbocycles. The quantitative estimate of drug-likeness (QED) is 0.794. The minimum Gasteiger partial charge on any atom is -0.337 e. The van der Waals surface area contributed by atoms with Crippen LogP contribution in [0, 0.1) is 0 Å². The number of hydrogen-bond donors (Lipinski definition) is 1. The van der Waals surface area contributed by atoms with E-state index in [0.29, 0.717) is 5.25 Å². The fourth-order valence-corrected chi connectivity index (χ4v) is 3.88. The number of nitrogens with zero attached hydrogens (tertiary/aromatic N) is 2. The van der Waals surface area contributed by atoms with Gasteiger partial charge in [0.2, 0.25) is 0 Å². The van der Waals surface area contributed by atoms with Crippen LogP contribution in [0.15, 0.2) is 47.9 Å². The first-order chi connectivity index (χ1) is 9.92. The van der Waals surface area contributed by atoms with E-state index in [0.717, 1.165) is 19.6 Å². The minimum atomic E-state index is 0.709. The molecule has 2 heterocycles. The van der Waals surface area contributed by atoms with Gasteiger partial charge < -0.3 is 9.88 Å². The average Bonchev–Trinajstić information content (AvgIpc) is 3.11. The number of fused-ring (bicyclic) bond motifs is 1. The molecule has 1 aliphatic rings. The lowest BCUT2D eigenvalue weighted by atomic mass is 10.1. The van der Waals surface area contributed by atoms with Gasteiger partial charge in [-0.15, -0.1) is 11.8 Å². The largest absolute Gasteiger partial charge is 0.337 e. The van der Waals surface area contributed by atoms with Crippen molar-refractivity contribution < 1.29 is 0 Å². The molecule has 0 amide bonds. The van der Waals surface area contributed by atoms with Gasteiger partial charge in [-0.25, -0.2) is 4.98 Å². The fraction of sp³-hybridized carbons (Fsp3) is 0.438. The number of aryl methyl sites for hydroxylation is 1. The van der Waals surface area contributed by atoms with E-state index in [9.17, 15) is 0 Å². The molecule has 4 heteroatoms. The van der Waals surface area contributed by atoms with E-state index in [2.05, 4.69) is 39.1 Å².